The van der Waals surface area contributed by atoms with Gasteiger partial charge in [-0.05, 0) is 93.4 Å². The molecule has 0 saturated carbocycles. The van der Waals surface area contributed by atoms with E-state index >= 15 is 0 Å². The highest BCUT2D eigenvalue weighted by Crippen LogP contribution is 2.60. The molecule has 4 atom stereocenters. The quantitative estimate of drug-likeness (QED) is 0.148. The molecule has 5 N–H and O–H groups in total. The summed E-state index contributed by atoms with van der Waals surface area (Å²) in [6.45, 7) is 2.70. The van der Waals surface area contributed by atoms with Crippen molar-refractivity contribution in [1.29, 1.82) is 0 Å². The minimum Gasteiger partial charge on any atom is -0.370 e. The minimum atomic E-state index is -3.80. The van der Waals surface area contributed by atoms with Gasteiger partial charge in [-0.15, -0.1) is 22.7 Å². The molecule has 2 aliphatic heterocycles. The van der Waals surface area contributed by atoms with Crippen LogP contribution in [0.25, 0.3) is 21.3 Å². The summed E-state index contributed by atoms with van der Waals surface area (Å²) in [4.78, 5) is 59.7. The third kappa shape index (κ3) is 7.94. The topological polar surface area (TPSA) is 164 Å². The third-order valence-electron chi connectivity index (χ3n) is 9.39. The number of alkyl halides is 2. The second-order valence-electron chi connectivity index (χ2n) is 13.4. The van der Waals surface area contributed by atoms with Gasteiger partial charge in [0, 0.05) is 40.2 Å². The van der Waals surface area contributed by atoms with Crippen LogP contribution in [0.4, 0.5) is 13.2 Å². The molecule has 4 amide bonds. The standard InChI is InChI=1S/C35H38F3N6O5PS2/c1-50(2,49)35(37,38)21-5-11-28-20(15-21)16-29(52-28)32(47)42-25-17-40-14-13-23-8-10-27(44(23)34(25)48)31(46)41-24(9-12-30(39)45)33-43-26(18-51-33)19-3-6-22(36)7-4-19/h3-7,11,15-16,18,23-25,27,40H,8-10,12-14,17H2,1-2H3,(H2,39,45)(H,41,46)(H,42,47)/t23-,24+,25+,27+/m1/s1. The molecule has 276 valence electrons. The Labute approximate surface area is 305 Å². The van der Waals surface area contributed by atoms with Crippen molar-refractivity contribution in [3.63, 3.8) is 0 Å². The molecule has 0 bridgehead atoms. The molecule has 0 spiro atoms. The Morgan fingerprint density at radius 2 is 1.87 bits per heavy atom. The van der Waals surface area contributed by atoms with Crippen LogP contribution < -0.4 is 21.7 Å². The molecular weight excluding hydrogens is 737 g/mol. The van der Waals surface area contributed by atoms with Crippen molar-refractivity contribution in [3.05, 3.63) is 75.2 Å². The Morgan fingerprint density at radius 3 is 2.58 bits per heavy atom. The average molecular weight is 775 g/mol. The normalized spacial score (nSPS) is 20.2. The van der Waals surface area contributed by atoms with Gasteiger partial charge in [-0.1, -0.05) is 6.07 Å². The zero-order valence-electron chi connectivity index (χ0n) is 28.4. The van der Waals surface area contributed by atoms with E-state index < -0.39 is 60.1 Å². The zero-order chi connectivity index (χ0) is 37.4. The predicted molar refractivity (Wildman–Crippen MR) is 194 cm³/mol. The molecule has 17 heteroatoms. The summed E-state index contributed by atoms with van der Waals surface area (Å²) >= 11 is 2.35. The Bertz CT molecular complexity index is 2050. The second kappa shape index (κ2) is 15.1. The molecule has 4 heterocycles. The lowest BCUT2D eigenvalue weighted by molar-refractivity contribution is -0.142. The number of hydrogen-bond acceptors (Lipinski definition) is 9. The molecular formula is C35H38F3N6O5PS2. The van der Waals surface area contributed by atoms with Gasteiger partial charge in [0.2, 0.25) is 17.7 Å². The average Bonchev–Trinajstić information content (AvgIpc) is 3.85. The van der Waals surface area contributed by atoms with Crippen molar-refractivity contribution < 1.29 is 36.9 Å². The molecule has 0 aliphatic carbocycles. The van der Waals surface area contributed by atoms with Gasteiger partial charge < -0.3 is 31.1 Å². The minimum absolute atomic E-state index is 0.0222. The maximum absolute atomic E-state index is 14.8. The van der Waals surface area contributed by atoms with E-state index in [9.17, 15) is 36.9 Å². The lowest BCUT2D eigenvalue weighted by atomic mass is 10.1. The van der Waals surface area contributed by atoms with E-state index in [4.69, 9.17) is 5.73 Å². The molecule has 2 aliphatic rings. The summed E-state index contributed by atoms with van der Waals surface area (Å²) in [7, 11) is -3.80. The number of benzene rings is 2. The van der Waals surface area contributed by atoms with Crippen molar-refractivity contribution in [2.45, 2.75) is 61.9 Å². The Hall–Kier alpha value is -4.11. The Morgan fingerprint density at radius 1 is 1.12 bits per heavy atom. The number of carbonyl (C=O) groups is 4. The molecule has 6 rings (SSSR count). The van der Waals surface area contributed by atoms with Gasteiger partial charge in [-0.3, -0.25) is 19.2 Å². The van der Waals surface area contributed by atoms with Crippen LogP contribution in [0.1, 0.15) is 58.4 Å². The van der Waals surface area contributed by atoms with Gasteiger partial charge in [-0.2, -0.15) is 8.78 Å². The van der Waals surface area contributed by atoms with Crippen molar-refractivity contribution in [3.8, 4) is 11.3 Å². The largest absolute Gasteiger partial charge is 0.370 e. The number of fused-ring (bicyclic) bond motifs is 2. The lowest BCUT2D eigenvalue weighted by Gasteiger charge is -2.35. The van der Waals surface area contributed by atoms with E-state index in [2.05, 4.69) is 20.9 Å². The fraction of sp³-hybridized carbons (Fsp3) is 0.400. The third-order valence-corrected chi connectivity index (χ3v) is 13.1. The van der Waals surface area contributed by atoms with Crippen molar-refractivity contribution in [2.75, 3.05) is 26.4 Å². The first-order valence-corrected chi connectivity index (χ1v) is 21.0. The van der Waals surface area contributed by atoms with Gasteiger partial charge in [0.25, 0.3) is 5.91 Å². The number of aromatic nitrogens is 1. The number of primary amides is 1. The molecule has 2 saturated heterocycles. The van der Waals surface area contributed by atoms with Gasteiger partial charge in [0.15, 0.2) is 7.14 Å². The van der Waals surface area contributed by atoms with Gasteiger partial charge in [0.1, 0.15) is 22.9 Å². The zero-order valence-corrected chi connectivity index (χ0v) is 30.9. The summed E-state index contributed by atoms with van der Waals surface area (Å²) in [5.74, 6) is -2.37. The fourth-order valence-corrected chi connectivity index (χ4v) is 9.17. The predicted octanol–water partition coefficient (Wildman–Crippen LogP) is 5.41. The van der Waals surface area contributed by atoms with Crippen molar-refractivity contribution in [1.82, 2.24) is 25.8 Å². The summed E-state index contributed by atoms with van der Waals surface area (Å²) in [6.07, 6.45) is 1.70. The Balaban J connectivity index is 1.19. The highest BCUT2D eigenvalue weighted by atomic mass is 32.1. The number of halogens is 3. The van der Waals surface area contributed by atoms with Crippen LogP contribution >= 0.6 is 29.8 Å². The number of nitrogens with two attached hydrogens (primary N) is 1. The second-order valence-corrected chi connectivity index (χ2v) is 18.6. The fourth-order valence-electron chi connectivity index (χ4n) is 6.55. The van der Waals surface area contributed by atoms with Gasteiger partial charge >= 0.3 is 5.66 Å². The van der Waals surface area contributed by atoms with Gasteiger partial charge in [0.05, 0.1) is 16.6 Å². The number of amides is 4. The number of carbonyl (C=O) groups excluding carboxylic acids is 4. The maximum Gasteiger partial charge on any atom is 0.322 e. The number of rotatable bonds is 11. The first-order chi connectivity index (χ1) is 24.6. The lowest BCUT2D eigenvalue weighted by Crippen LogP contribution is -2.60. The summed E-state index contributed by atoms with van der Waals surface area (Å²) < 4.78 is 56.0. The van der Waals surface area contributed by atoms with Crippen molar-refractivity contribution >= 4 is 63.5 Å². The van der Waals surface area contributed by atoms with E-state index in [0.29, 0.717) is 52.2 Å². The SMILES string of the molecule is CP(C)(=O)C(F)(F)c1ccc2sc(C(=O)N[C@H]3CNCC[C@H]4CC[C@@H](C(=O)N[C@@H](CCC(N)=O)c5nc(-c6ccc(F)cc6)cs5)N4C3=O)cc2c1. The Kier molecular flexibility index (Phi) is 10.9. The number of hydrogen-bond donors (Lipinski definition) is 4. The van der Waals surface area contributed by atoms with E-state index in [1.807, 2.05) is 0 Å². The smallest absolute Gasteiger partial charge is 0.322 e. The van der Waals surface area contributed by atoms with Crippen LogP contribution in [0, 0.1) is 5.82 Å². The summed E-state index contributed by atoms with van der Waals surface area (Å²) in [5, 5.41) is 11.7. The molecule has 2 aromatic carbocycles. The van der Waals surface area contributed by atoms with Crippen LogP contribution in [-0.4, -0.2) is 78.1 Å². The van der Waals surface area contributed by atoms with Crippen LogP contribution in [-0.2, 0) is 24.6 Å². The molecule has 11 nitrogen and oxygen atoms in total. The number of thiazole rings is 1. The number of thiophene rings is 1. The van der Waals surface area contributed by atoms with Crippen LogP contribution in [0.3, 0.4) is 0 Å². The number of nitrogens with zero attached hydrogens (tertiary/aromatic N) is 2. The first kappa shape index (κ1) is 37.6. The van der Waals surface area contributed by atoms with E-state index in [0.717, 1.165) is 24.7 Å². The highest BCUT2D eigenvalue weighted by molar-refractivity contribution is 7.63. The van der Waals surface area contributed by atoms with Crippen LogP contribution in [0.15, 0.2) is 53.9 Å². The van der Waals surface area contributed by atoms with Crippen LogP contribution in [0.5, 0.6) is 0 Å². The molecule has 2 fully saturated rings. The van der Waals surface area contributed by atoms with Crippen LogP contribution in [0.2, 0.25) is 0 Å². The molecule has 4 aromatic rings. The van der Waals surface area contributed by atoms with E-state index in [1.165, 1.54) is 47.7 Å². The molecule has 0 radical (unpaired) electrons. The summed E-state index contributed by atoms with van der Waals surface area (Å²) in [5.41, 5.74) is 2.77. The molecule has 0 unspecified atom stereocenters. The monoisotopic (exact) mass is 774 g/mol. The first-order valence-electron chi connectivity index (χ1n) is 16.7. The molecule has 2 aromatic heterocycles. The molecule has 52 heavy (non-hydrogen) atoms. The van der Waals surface area contributed by atoms with E-state index in [-0.39, 0.29) is 36.1 Å². The maximum atomic E-state index is 14.8. The summed E-state index contributed by atoms with van der Waals surface area (Å²) in [6, 6.07) is 8.38. The number of nitrogens with one attached hydrogen (secondary N) is 3. The van der Waals surface area contributed by atoms with Crippen molar-refractivity contribution in [2.24, 2.45) is 5.73 Å². The van der Waals surface area contributed by atoms with E-state index in [1.54, 1.807) is 22.4 Å². The van der Waals surface area contributed by atoms with Gasteiger partial charge in [-0.25, -0.2) is 9.37 Å². The highest BCUT2D eigenvalue weighted by Gasteiger charge is 2.46.